The largest absolute Gasteiger partial charge is 0.396 e. The van der Waals surface area contributed by atoms with E-state index in [0.29, 0.717) is 11.9 Å². The zero-order chi connectivity index (χ0) is 11.1. The average Bonchev–Trinajstić information content (AvgIpc) is 2.22. The van der Waals surface area contributed by atoms with Crippen molar-refractivity contribution < 1.29 is 5.11 Å². The second-order valence-corrected chi connectivity index (χ2v) is 5.47. The molecule has 0 aromatic heterocycles. The molecule has 0 heterocycles. The van der Waals surface area contributed by atoms with Crippen molar-refractivity contribution in [3.63, 3.8) is 0 Å². The molecule has 0 spiro atoms. The first-order valence-electron chi connectivity index (χ1n) is 5.56. The third kappa shape index (κ3) is 5.24. The maximum Gasteiger partial charge on any atom is 0.0431 e. The fraction of sp³-hybridized carbons (Fsp3) is 0.538. The van der Waals surface area contributed by atoms with E-state index in [0.717, 1.165) is 12.8 Å². The number of aliphatic hydroxyl groups is 1. The van der Waals surface area contributed by atoms with E-state index in [-0.39, 0.29) is 0 Å². The molecule has 1 aromatic rings. The number of benzene rings is 1. The van der Waals surface area contributed by atoms with Gasteiger partial charge >= 0.3 is 0 Å². The van der Waals surface area contributed by atoms with E-state index in [1.807, 2.05) is 11.8 Å². The van der Waals surface area contributed by atoms with E-state index < -0.39 is 0 Å². The highest BCUT2D eigenvalue weighted by molar-refractivity contribution is 7.99. The standard InChI is InChI=1S/C13H20OS/c1-11-6-8-13(9-7-11)15-12(2)5-3-4-10-14/h6-9,12,14H,3-5,10H2,1-2H3. The van der Waals surface area contributed by atoms with Gasteiger partial charge < -0.3 is 5.11 Å². The summed E-state index contributed by atoms with van der Waals surface area (Å²) in [6, 6.07) is 8.68. The molecule has 15 heavy (non-hydrogen) atoms. The predicted molar refractivity (Wildman–Crippen MR) is 67.4 cm³/mol. The second kappa shape index (κ2) is 6.91. The summed E-state index contributed by atoms with van der Waals surface area (Å²) in [6.45, 7) is 4.68. The van der Waals surface area contributed by atoms with Gasteiger partial charge in [0.25, 0.3) is 0 Å². The summed E-state index contributed by atoms with van der Waals surface area (Å²) >= 11 is 1.92. The SMILES string of the molecule is Cc1ccc(SC(C)CCCCO)cc1. The van der Waals surface area contributed by atoms with Crippen molar-refractivity contribution in [2.24, 2.45) is 0 Å². The van der Waals surface area contributed by atoms with E-state index in [4.69, 9.17) is 5.11 Å². The minimum Gasteiger partial charge on any atom is -0.396 e. The van der Waals surface area contributed by atoms with Gasteiger partial charge in [-0.25, -0.2) is 0 Å². The molecule has 1 nitrogen and oxygen atoms in total. The van der Waals surface area contributed by atoms with Crippen LogP contribution in [0.2, 0.25) is 0 Å². The summed E-state index contributed by atoms with van der Waals surface area (Å²) in [5.41, 5.74) is 1.31. The van der Waals surface area contributed by atoms with E-state index in [9.17, 15) is 0 Å². The van der Waals surface area contributed by atoms with Gasteiger partial charge in [0.05, 0.1) is 0 Å². The van der Waals surface area contributed by atoms with Crippen molar-refractivity contribution in [1.29, 1.82) is 0 Å². The molecule has 0 aliphatic rings. The van der Waals surface area contributed by atoms with Crippen molar-refractivity contribution in [1.82, 2.24) is 0 Å². The number of hydrogen-bond donors (Lipinski definition) is 1. The van der Waals surface area contributed by atoms with Gasteiger partial charge in [-0.1, -0.05) is 31.0 Å². The van der Waals surface area contributed by atoms with Crippen LogP contribution in [0.1, 0.15) is 31.7 Å². The topological polar surface area (TPSA) is 20.2 Å². The van der Waals surface area contributed by atoms with Gasteiger partial charge in [0.1, 0.15) is 0 Å². The number of hydrogen-bond acceptors (Lipinski definition) is 2. The fourth-order valence-electron chi connectivity index (χ4n) is 1.45. The first-order chi connectivity index (χ1) is 7.22. The molecule has 0 aliphatic carbocycles. The molecule has 0 saturated heterocycles. The molecule has 0 radical (unpaired) electrons. The molecule has 2 heteroatoms. The molecule has 0 bridgehead atoms. The van der Waals surface area contributed by atoms with Gasteiger partial charge in [-0.2, -0.15) is 0 Å². The first kappa shape index (κ1) is 12.6. The second-order valence-electron chi connectivity index (χ2n) is 3.96. The molecule has 1 unspecified atom stereocenters. The number of rotatable bonds is 6. The van der Waals surface area contributed by atoms with Crippen molar-refractivity contribution in [2.45, 2.75) is 43.3 Å². The highest BCUT2D eigenvalue weighted by Gasteiger charge is 2.03. The lowest BCUT2D eigenvalue weighted by Crippen LogP contribution is -1.96. The molecule has 1 N–H and O–H groups in total. The minimum atomic E-state index is 0.321. The Hall–Kier alpha value is -0.470. The van der Waals surface area contributed by atoms with Crippen LogP contribution in [0.5, 0.6) is 0 Å². The Morgan fingerprint density at radius 2 is 1.87 bits per heavy atom. The Morgan fingerprint density at radius 1 is 1.20 bits per heavy atom. The van der Waals surface area contributed by atoms with E-state index in [1.54, 1.807) is 0 Å². The van der Waals surface area contributed by atoms with Crippen molar-refractivity contribution in [3.8, 4) is 0 Å². The van der Waals surface area contributed by atoms with Gasteiger partial charge in [-0.15, -0.1) is 11.8 Å². The van der Waals surface area contributed by atoms with Gasteiger partial charge in [0.15, 0.2) is 0 Å². The van der Waals surface area contributed by atoms with Crippen molar-refractivity contribution in [2.75, 3.05) is 6.61 Å². The third-order valence-electron chi connectivity index (χ3n) is 2.38. The summed E-state index contributed by atoms with van der Waals surface area (Å²) in [7, 11) is 0. The Balaban J connectivity index is 2.31. The van der Waals surface area contributed by atoms with Crippen LogP contribution in [0.4, 0.5) is 0 Å². The Bertz CT molecular complexity index is 268. The lowest BCUT2D eigenvalue weighted by Gasteiger charge is -2.10. The normalized spacial score (nSPS) is 12.7. The molecule has 0 aliphatic heterocycles. The van der Waals surface area contributed by atoms with Crippen LogP contribution in [0.15, 0.2) is 29.2 Å². The summed E-state index contributed by atoms with van der Waals surface area (Å²) < 4.78 is 0. The quantitative estimate of drug-likeness (QED) is 0.588. The van der Waals surface area contributed by atoms with E-state index >= 15 is 0 Å². The van der Waals surface area contributed by atoms with Gasteiger partial charge in [0.2, 0.25) is 0 Å². The van der Waals surface area contributed by atoms with E-state index in [1.165, 1.54) is 16.9 Å². The Labute approximate surface area is 96.9 Å². The maximum absolute atomic E-state index is 8.69. The lowest BCUT2D eigenvalue weighted by atomic mass is 10.2. The van der Waals surface area contributed by atoms with Crippen LogP contribution in [-0.2, 0) is 0 Å². The molecular formula is C13H20OS. The molecule has 1 atom stereocenters. The van der Waals surface area contributed by atoms with Gasteiger partial charge in [-0.05, 0) is 31.9 Å². The number of unbranched alkanes of at least 4 members (excludes halogenated alkanes) is 1. The van der Waals surface area contributed by atoms with Crippen LogP contribution in [0.3, 0.4) is 0 Å². The van der Waals surface area contributed by atoms with Crippen LogP contribution in [0.25, 0.3) is 0 Å². The molecular weight excluding hydrogens is 204 g/mol. The predicted octanol–water partition coefficient (Wildman–Crippen LogP) is 3.64. The minimum absolute atomic E-state index is 0.321. The Kier molecular flexibility index (Phi) is 5.81. The molecule has 0 fully saturated rings. The average molecular weight is 224 g/mol. The van der Waals surface area contributed by atoms with Crippen LogP contribution >= 0.6 is 11.8 Å². The van der Waals surface area contributed by atoms with Gasteiger partial charge in [0, 0.05) is 16.8 Å². The van der Waals surface area contributed by atoms with Crippen LogP contribution in [-0.4, -0.2) is 17.0 Å². The zero-order valence-corrected chi connectivity index (χ0v) is 10.4. The first-order valence-corrected chi connectivity index (χ1v) is 6.44. The molecule has 84 valence electrons. The molecule has 1 rings (SSSR count). The molecule has 1 aromatic carbocycles. The molecule has 0 saturated carbocycles. The highest BCUT2D eigenvalue weighted by Crippen LogP contribution is 2.26. The van der Waals surface area contributed by atoms with Gasteiger partial charge in [-0.3, -0.25) is 0 Å². The van der Waals surface area contributed by atoms with E-state index in [2.05, 4.69) is 38.1 Å². The summed E-state index contributed by atoms with van der Waals surface area (Å²) in [5, 5.41) is 9.33. The smallest absolute Gasteiger partial charge is 0.0431 e. The molecule has 0 amide bonds. The van der Waals surface area contributed by atoms with Crippen molar-refractivity contribution >= 4 is 11.8 Å². The maximum atomic E-state index is 8.69. The zero-order valence-electron chi connectivity index (χ0n) is 9.57. The lowest BCUT2D eigenvalue weighted by molar-refractivity contribution is 0.283. The highest BCUT2D eigenvalue weighted by atomic mass is 32.2. The van der Waals surface area contributed by atoms with Crippen LogP contribution in [0, 0.1) is 6.92 Å². The number of aliphatic hydroxyl groups excluding tert-OH is 1. The summed E-state index contributed by atoms with van der Waals surface area (Å²) in [6.07, 6.45) is 3.23. The monoisotopic (exact) mass is 224 g/mol. The number of thioether (sulfide) groups is 1. The fourth-order valence-corrected chi connectivity index (χ4v) is 2.49. The van der Waals surface area contributed by atoms with Crippen molar-refractivity contribution in [3.05, 3.63) is 29.8 Å². The Morgan fingerprint density at radius 3 is 2.47 bits per heavy atom. The number of aryl methyl sites for hydroxylation is 1. The summed E-state index contributed by atoms with van der Waals surface area (Å²) in [5.74, 6) is 0. The summed E-state index contributed by atoms with van der Waals surface area (Å²) in [4.78, 5) is 1.34. The third-order valence-corrected chi connectivity index (χ3v) is 3.56. The van der Waals surface area contributed by atoms with Crippen LogP contribution < -0.4 is 0 Å².